The van der Waals surface area contributed by atoms with Crippen molar-refractivity contribution in [1.29, 1.82) is 0 Å². The third kappa shape index (κ3) is 2.33. The fraction of sp³-hybridized carbons (Fsp3) is 0.636. The molecule has 0 aromatic carbocycles. The van der Waals surface area contributed by atoms with Crippen molar-refractivity contribution in [3.63, 3.8) is 0 Å². The first-order chi connectivity index (χ1) is 8.22. The molecular formula is C11H14BrN3OS. The highest BCUT2D eigenvalue weighted by Crippen LogP contribution is 2.31. The summed E-state index contributed by atoms with van der Waals surface area (Å²) < 4.78 is 0.913. The van der Waals surface area contributed by atoms with E-state index in [9.17, 15) is 4.79 Å². The van der Waals surface area contributed by atoms with E-state index in [-0.39, 0.29) is 5.91 Å². The van der Waals surface area contributed by atoms with E-state index in [1.807, 2.05) is 5.38 Å². The molecule has 2 saturated heterocycles. The highest BCUT2D eigenvalue weighted by atomic mass is 79.9. The lowest BCUT2D eigenvalue weighted by Gasteiger charge is -2.41. The van der Waals surface area contributed by atoms with Crippen LogP contribution in [-0.2, 0) is 4.79 Å². The lowest BCUT2D eigenvalue weighted by molar-refractivity contribution is -0.124. The number of hydrogen-bond acceptors (Lipinski definition) is 4. The summed E-state index contributed by atoms with van der Waals surface area (Å²) in [5, 5.41) is 6.21. The molecule has 17 heavy (non-hydrogen) atoms. The Morgan fingerprint density at radius 2 is 2.41 bits per heavy atom. The molecule has 1 amide bonds. The molecule has 2 fully saturated rings. The average molecular weight is 316 g/mol. The van der Waals surface area contributed by atoms with Gasteiger partial charge in [-0.05, 0) is 34.7 Å². The summed E-state index contributed by atoms with van der Waals surface area (Å²) >= 11 is 5.07. The minimum Gasteiger partial charge on any atom is -0.353 e. The molecule has 1 N–H and O–H groups in total. The number of nitrogens with zero attached hydrogens (tertiary/aromatic N) is 2. The van der Waals surface area contributed by atoms with Gasteiger partial charge in [0, 0.05) is 30.9 Å². The van der Waals surface area contributed by atoms with Crippen LogP contribution in [0.5, 0.6) is 0 Å². The van der Waals surface area contributed by atoms with Crippen LogP contribution in [0.2, 0.25) is 0 Å². The van der Waals surface area contributed by atoms with Crippen LogP contribution in [0.15, 0.2) is 9.98 Å². The maximum Gasteiger partial charge on any atom is 0.220 e. The largest absolute Gasteiger partial charge is 0.353 e. The molecular weight excluding hydrogens is 302 g/mol. The fourth-order valence-electron chi connectivity index (χ4n) is 2.67. The number of anilines is 1. The van der Waals surface area contributed by atoms with Gasteiger partial charge < -0.3 is 10.2 Å². The number of amides is 1. The Balaban J connectivity index is 1.70. The fourth-order valence-corrected chi connectivity index (χ4v) is 3.96. The van der Waals surface area contributed by atoms with Gasteiger partial charge in [-0.2, -0.15) is 0 Å². The summed E-state index contributed by atoms with van der Waals surface area (Å²) in [5.41, 5.74) is 0. The first kappa shape index (κ1) is 11.5. The lowest BCUT2D eigenvalue weighted by Crippen LogP contribution is -2.54. The molecule has 0 saturated carbocycles. The molecule has 1 aromatic heterocycles. The Labute approximate surface area is 113 Å². The third-order valence-electron chi connectivity index (χ3n) is 3.56. The monoisotopic (exact) mass is 315 g/mol. The maximum atomic E-state index is 11.3. The van der Waals surface area contributed by atoms with Gasteiger partial charge >= 0.3 is 0 Å². The van der Waals surface area contributed by atoms with E-state index in [2.05, 4.69) is 31.1 Å². The number of carbonyl (C=O) groups excluding carboxylic acids is 1. The summed E-state index contributed by atoms with van der Waals surface area (Å²) in [6, 6.07) is 0.385. The van der Waals surface area contributed by atoms with Gasteiger partial charge in [0.15, 0.2) is 5.13 Å². The van der Waals surface area contributed by atoms with Gasteiger partial charge in [0.2, 0.25) is 5.91 Å². The Bertz CT molecular complexity index is 436. The zero-order valence-electron chi connectivity index (χ0n) is 9.36. The van der Waals surface area contributed by atoms with Crippen molar-refractivity contribution in [2.75, 3.05) is 18.0 Å². The maximum absolute atomic E-state index is 11.3. The van der Waals surface area contributed by atoms with Crippen LogP contribution in [0.3, 0.4) is 0 Å². The second-order valence-corrected chi connectivity index (χ2v) is 6.31. The van der Waals surface area contributed by atoms with E-state index in [0.29, 0.717) is 18.4 Å². The van der Waals surface area contributed by atoms with Gasteiger partial charge in [0.25, 0.3) is 0 Å². The van der Waals surface area contributed by atoms with Crippen molar-refractivity contribution in [1.82, 2.24) is 10.3 Å². The predicted molar refractivity (Wildman–Crippen MR) is 71.3 cm³/mol. The Kier molecular flexibility index (Phi) is 3.08. The van der Waals surface area contributed by atoms with Crippen LogP contribution >= 0.6 is 27.3 Å². The molecule has 4 nitrogen and oxygen atoms in total. The van der Waals surface area contributed by atoms with Gasteiger partial charge in [0.1, 0.15) is 4.60 Å². The van der Waals surface area contributed by atoms with Crippen molar-refractivity contribution in [3.05, 3.63) is 9.98 Å². The SMILES string of the molecule is O=C1CCC2CN(c3nc(Br)cs3)CCC2N1. The molecule has 3 heterocycles. The van der Waals surface area contributed by atoms with Crippen molar-refractivity contribution in [3.8, 4) is 0 Å². The normalized spacial score (nSPS) is 28.8. The first-order valence-corrected chi connectivity index (χ1v) is 7.55. The van der Waals surface area contributed by atoms with Gasteiger partial charge in [-0.3, -0.25) is 4.79 Å². The van der Waals surface area contributed by atoms with Crippen LogP contribution in [-0.4, -0.2) is 30.0 Å². The number of rotatable bonds is 1. The van der Waals surface area contributed by atoms with Crippen molar-refractivity contribution >= 4 is 38.3 Å². The van der Waals surface area contributed by atoms with Gasteiger partial charge in [-0.25, -0.2) is 4.98 Å². The predicted octanol–water partition coefficient (Wildman–Crippen LogP) is 2.01. The van der Waals surface area contributed by atoms with E-state index in [0.717, 1.165) is 35.7 Å². The molecule has 2 unspecified atom stereocenters. The zero-order valence-corrected chi connectivity index (χ0v) is 11.8. The highest BCUT2D eigenvalue weighted by Gasteiger charge is 2.34. The average Bonchev–Trinajstić information content (AvgIpc) is 2.75. The highest BCUT2D eigenvalue weighted by molar-refractivity contribution is 9.10. The second-order valence-electron chi connectivity index (χ2n) is 4.66. The molecule has 92 valence electrons. The van der Waals surface area contributed by atoms with Crippen molar-refractivity contribution in [2.45, 2.75) is 25.3 Å². The first-order valence-electron chi connectivity index (χ1n) is 5.88. The minimum atomic E-state index is 0.219. The Hall–Kier alpha value is -0.620. The van der Waals surface area contributed by atoms with Crippen molar-refractivity contribution < 1.29 is 4.79 Å². The van der Waals surface area contributed by atoms with E-state index in [4.69, 9.17) is 0 Å². The number of nitrogens with one attached hydrogen (secondary N) is 1. The second kappa shape index (κ2) is 4.57. The molecule has 6 heteroatoms. The molecule has 2 aliphatic heterocycles. The third-order valence-corrected chi connectivity index (χ3v) is 5.17. The zero-order chi connectivity index (χ0) is 11.8. The molecule has 3 rings (SSSR count). The van der Waals surface area contributed by atoms with Gasteiger partial charge in [-0.1, -0.05) is 0 Å². The standard InChI is InChI=1S/C11H14BrN3OS/c12-9-6-17-11(14-9)15-4-3-8-7(5-15)1-2-10(16)13-8/h6-8H,1-5H2,(H,13,16). The van der Waals surface area contributed by atoms with E-state index < -0.39 is 0 Å². The Morgan fingerprint density at radius 3 is 3.18 bits per heavy atom. The summed E-state index contributed by atoms with van der Waals surface area (Å²) in [7, 11) is 0. The number of piperidine rings is 2. The number of aromatic nitrogens is 1. The van der Waals surface area contributed by atoms with Gasteiger partial charge in [0.05, 0.1) is 0 Å². The molecule has 1 aromatic rings. The van der Waals surface area contributed by atoms with Gasteiger partial charge in [-0.15, -0.1) is 11.3 Å². The van der Waals surface area contributed by atoms with E-state index in [1.54, 1.807) is 11.3 Å². The summed E-state index contributed by atoms with van der Waals surface area (Å²) in [6.45, 7) is 2.01. The lowest BCUT2D eigenvalue weighted by atomic mass is 9.85. The topological polar surface area (TPSA) is 45.2 Å². The summed E-state index contributed by atoms with van der Waals surface area (Å²) in [5.74, 6) is 0.806. The summed E-state index contributed by atoms with van der Waals surface area (Å²) in [6.07, 6.45) is 2.73. The quantitative estimate of drug-likeness (QED) is 0.862. The number of halogens is 1. The molecule has 0 aliphatic carbocycles. The minimum absolute atomic E-state index is 0.219. The van der Waals surface area contributed by atoms with Crippen LogP contribution in [0.25, 0.3) is 0 Å². The number of thiazole rings is 1. The van der Waals surface area contributed by atoms with E-state index in [1.165, 1.54) is 0 Å². The molecule has 0 radical (unpaired) electrons. The van der Waals surface area contributed by atoms with Crippen molar-refractivity contribution in [2.24, 2.45) is 5.92 Å². The van der Waals surface area contributed by atoms with Crippen LogP contribution < -0.4 is 10.2 Å². The Morgan fingerprint density at radius 1 is 1.53 bits per heavy atom. The van der Waals surface area contributed by atoms with E-state index >= 15 is 0 Å². The smallest absolute Gasteiger partial charge is 0.220 e. The van der Waals surface area contributed by atoms with Crippen LogP contribution in [0, 0.1) is 5.92 Å². The number of fused-ring (bicyclic) bond motifs is 1. The van der Waals surface area contributed by atoms with Crippen LogP contribution in [0.1, 0.15) is 19.3 Å². The molecule has 2 aliphatic rings. The molecule has 0 bridgehead atoms. The van der Waals surface area contributed by atoms with Crippen LogP contribution in [0.4, 0.5) is 5.13 Å². The summed E-state index contributed by atoms with van der Waals surface area (Å²) in [4.78, 5) is 18.1. The number of carbonyl (C=O) groups is 1. The number of hydrogen-bond donors (Lipinski definition) is 1. The molecule has 0 spiro atoms. The molecule has 2 atom stereocenters.